The summed E-state index contributed by atoms with van der Waals surface area (Å²) >= 11 is 0. The van der Waals surface area contributed by atoms with Crippen LogP contribution in [0.15, 0.2) is 29.4 Å². The van der Waals surface area contributed by atoms with Gasteiger partial charge < -0.3 is 15.5 Å². The van der Waals surface area contributed by atoms with E-state index in [1.54, 1.807) is 31.2 Å². The Bertz CT molecular complexity index is 842. The minimum atomic E-state index is -0.105. The SMILES string of the molecule is Cc1cc(Nc2ccc3c(O)[nH]c(O)c3c2)nc(N=N)n1. The molecule has 0 unspecified atom stereocenters. The Hall–Kier alpha value is -3.16. The summed E-state index contributed by atoms with van der Waals surface area (Å²) in [5.74, 6) is 0.377. The lowest BCUT2D eigenvalue weighted by molar-refractivity contribution is 0.429. The Kier molecular flexibility index (Phi) is 2.90. The summed E-state index contributed by atoms with van der Waals surface area (Å²) < 4.78 is 0. The lowest BCUT2D eigenvalue weighted by atomic mass is 10.2. The number of aryl methyl sites for hydroxylation is 1. The van der Waals surface area contributed by atoms with E-state index in [0.717, 1.165) is 0 Å². The Labute approximate surface area is 119 Å². The van der Waals surface area contributed by atoms with E-state index in [2.05, 4.69) is 25.4 Å². The van der Waals surface area contributed by atoms with E-state index in [-0.39, 0.29) is 17.7 Å². The molecule has 8 heteroatoms. The molecule has 106 valence electrons. The van der Waals surface area contributed by atoms with Gasteiger partial charge in [0, 0.05) is 28.2 Å². The second-order valence-electron chi connectivity index (χ2n) is 4.51. The number of nitrogens with zero attached hydrogens (tertiary/aromatic N) is 3. The number of hydrogen-bond donors (Lipinski definition) is 5. The summed E-state index contributed by atoms with van der Waals surface area (Å²) in [5, 5.41) is 26.6. The number of H-pyrrole nitrogens is 1. The third-order valence-electron chi connectivity index (χ3n) is 2.98. The van der Waals surface area contributed by atoms with Gasteiger partial charge in [0.1, 0.15) is 5.82 Å². The van der Waals surface area contributed by atoms with E-state index < -0.39 is 0 Å². The maximum Gasteiger partial charge on any atom is 0.270 e. The molecule has 0 fully saturated rings. The predicted octanol–water partition coefficient (Wildman–Crippen LogP) is 3.08. The molecule has 0 saturated heterocycles. The van der Waals surface area contributed by atoms with Crippen molar-refractivity contribution in [3.8, 4) is 11.8 Å². The molecule has 2 aromatic heterocycles. The second-order valence-corrected chi connectivity index (χ2v) is 4.51. The second kappa shape index (κ2) is 4.75. The average Bonchev–Trinajstić information content (AvgIpc) is 2.73. The number of aromatic nitrogens is 3. The standard InChI is InChI=1S/C13H12N6O2/c1-6-4-10(17-13(15-6)19-14)16-7-2-3-8-9(5-7)12(21)18-11(8)20/h2-5,14,18,20-21H,1H3,(H,15,16,17). The normalized spacial score (nSPS) is 10.7. The monoisotopic (exact) mass is 284 g/mol. The number of fused-ring (bicyclic) bond motifs is 1. The largest absolute Gasteiger partial charge is 0.494 e. The van der Waals surface area contributed by atoms with Crippen LogP contribution in [0.4, 0.5) is 17.5 Å². The van der Waals surface area contributed by atoms with Gasteiger partial charge in [-0.15, -0.1) is 5.11 Å². The maximum atomic E-state index is 9.70. The fraction of sp³-hybridized carbons (Fsp3) is 0.0769. The van der Waals surface area contributed by atoms with Gasteiger partial charge in [-0.05, 0) is 25.1 Å². The molecule has 8 nitrogen and oxygen atoms in total. The first kappa shape index (κ1) is 12.9. The van der Waals surface area contributed by atoms with Crippen molar-refractivity contribution < 1.29 is 10.2 Å². The highest BCUT2D eigenvalue weighted by Crippen LogP contribution is 2.34. The van der Waals surface area contributed by atoms with E-state index in [9.17, 15) is 10.2 Å². The number of hydrogen-bond acceptors (Lipinski definition) is 7. The smallest absolute Gasteiger partial charge is 0.270 e. The molecule has 0 aliphatic heterocycles. The number of nitrogens with one attached hydrogen (secondary N) is 3. The van der Waals surface area contributed by atoms with Crippen molar-refractivity contribution in [2.24, 2.45) is 5.11 Å². The highest BCUT2D eigenvalue weighted by atomic mass is 16.3. The predicted molar refractivity (Wildman–Crippen MR) is 76.5 cm³/mol. The van der Waals surface area contributed by atoms with Crippen LogP contribution in [0, 0.1) is 12.5 Å². The fourth-order valence-corrected chi connectivity index (χ4v) is 2.09. The third kappa shape index (κ3) is 2.34. The molecule has 0 spiro atoms. The van der Waals surface area contributed by atoms with Crippen LogP contribution in [-0.4, -0.2) is 25.2 Å². The van der Waals surface area contributed by atoms with Crippen LogP contribution in [-0.2, 0) is 0 Å². The molecule has 5 N–H and O–H groups in total. The molecule has 0 atom stereocenters. The number of benzene rings is 1. The topological polar surface area (TPSA) is 130 Å². The zero-order valence-electron chi connectivity index (χ0n) is 11.0. The first-order valence-corrected chi connectivity index (χ1v) is 6.10. The van der Waals surface area contributed by atoms with Gasteiger partial charge in [-0.2, -0.15) is 4.98 Å². The zero-order valence-corrected chi connectivity index (χ0v) is 11.0. The summed E-state index contributed by atoms with van der Waals surface area (Å²) in [4.78, 5) is 10.5. The summed E-state index contributed by atoms with van der Waals surface area (Å²) in [7, 11) is 0. The molecule has 0 aliphatic rings. The molecule has 0 amide bonds. The molecule has 3 aromatic rings. The quantitative estimate of drug-likeness (QED) is 0.472. The number of aromatic hydroxyl groups is 2. The van der Waals surface area contributed by atoms with Crippen LogP contribution < -0.4 is 5.32 Å². The summed E-state index contributed by atoms with van der Waals surface area (Å²) in [6.07, 6.45) is 0. The molecule has 21 heavy (non-hydrogen) atoms. The van der Waals surface area contributed by atoms with Gasteiger partial charge in [-0.3, -0.25) is 4.98 Å². The van der Waals surface area contributed by atoms with Crippen LogP contribution >= 0.6 is 0 Å². The molecule has 1 aromatic carbocycles. The van der Waals surface area contributed by atoms with Gasteiger partial charge in [-0.1, -0.05) is 0 Å². The third-order valence-corrected chi connectivity index (χ3v) is 2.98. The molecule has 0 aliphatic carbocycles. The van der Waals surface area contributed by atoms with E-state index in [1.165, 1.54) is 0 Å². The highest BCUT2D eigenvalue weighted by Gasteiger charge is 2.10. The summed E-state index contributed by atoms with van der Waals surface area (Å²) in [6.45, 7) is 1.78. The minimum absolute atomic E-state index is 0.0701. The molecule has 3 rings (SSSR count). The van der Waals surface area contributed by atoms with E-state index >= 15 is 0 Å². The lowest BCUT2D eigenvalue weighted by Crippen LogP contribution is -1.96. The van der Waals surface area contributed by atoms with Gasteiger partial charge in [0.15, 0.2) is 11.8 Å². The van der Waals surface area contributed by atoms with Gasteiger partial charge in [0.25, 0.3) is 5.95 Å². The van der Waals surface area contributed by atoms with Crippen LogP contribution in [0.3, 0.4) is 0 Å². The van der Waals surface area contributed by atoms with Crippen molar-refractivity contribution in [2.45, 2.75) is 6.92 Å². The van der Waals surface area contributed by atoms with Crippen LogP contribution in [0.25, 0.3) is 10.8 Å². The Morgan fingerprint density at radius 3 is 2.67 bits per heavy atom. The van der Waals surface area contributed by atoms with Gasteiger partial charge in [0.2, 0.25) is 0 Å². The van der Waals surface area contributed by atoms with Crippen molar-refractivity contribution in [3.05, 3.63) is 30.0 Å². The van der Waals surface area contributed by atoms with Gasteiger partial charge >= 0.3 is 0 Å². The lowest BCUT2D eigenvalue weighted by Gasteiger charge is -2.07. The van der Waals surface area contributed by atoms with Gasteiger partial charge in [-0.25, -0.2) is 10.5 Å². The minimum Gasteiger partial charge on any atom is -0.494 e. The van der Waals surface area contributed by atoms with Crippen LogP contribution in [0.2, 0.25) is 0 Å². The Balaban J connectivity index is 2.00. The summed E-state index contributed by atoms with van der Waals surface area (Å²) in [5.41, 5.74) is 8.32. The Morgan fingerprint density at radius 2 is 1.90 bits per heavy atom. The first-order valence-electron chi connectivity index (χ1n) is 6.10. The number of rotatable bonds is 3. The van der Waals surface area contributed by atoms with Crippen molar-refractivity contribution in [2.75, 3.05) is 5.32 Å². The van der Waals surface area contributed by atoms with Crippen molar-refractivity contribution in [1.82, 2.24) is 15.0 Å². The molecule has 0 bridgehead atoms. The zero-order chi connectivity index (χ0) is 15.0. The fourth-order valence-electron chi connectivity index (χ4n) is 2.09. The molecule has 0 radical (unpaired) electrons. The molecule has 2 heterocycles. The first-order chi connectivity index (χ1) is 10.1. The van der Waals surface area contributed by atoms with E-state index in [0.29, 0.717) is 28.0 Å². The average molecular weight is 284 g/mol. The van der Waals surface area contributed by atoms with Crippen LogP contribution in [0.1, 0.15) is 5.69 Å². The maximum absolute atomic E-state index is 9.70. The molecular weight excluding hydrogens is 272 g/mol. The number of aromatic amines is 1. The van der Waals surface area contributed by atoms with Crippen molar-refractivity contribution >= 4 is 28.2 Å². The molecule has 0 saturated carbocycles. The van der Waals surface area contributed by atoms with E-state index in [4.69, 9.17) is 5.53 Å². The van der Waals surface area contributed by atoms with E-state index in [1.807, 2.05) is 0 Å². The highest BCUT2D eigenvalue weighted by molar-refractivity contribution is 5.94. The molecular formula is C13H12N6O2. The number of anilines is 2. The summed E-state index contributed by atoms with van der Waals surface area (Å²) in [6, 6.07) is 6.81. The van der Waals surface area contributed by atoms with Crippen molar-refractivity contribution in [1.29, 1.82) is 5.53 Å². The van der Waals surface area contributed by atoms with Crippen LogP contribution in [0.5, 0.6) is 11.8 Å². The van der Waals surface area contributed by atoms with Gasteiger partial charge in [0.05, 0.1) is 0 Å². The Morgan fingerprint density at radius 1 is 1.14 bits per heavy atom. The van der Waals surface area contributed by atoms with Crippen molar-refractivity contribution in [3.63, 3.8) is 0 Å².